The molecule has 31 heavy (non-hydrogen) atoms. The van der Waals surface area contributed by atoms with Gasteiger partial charge in [-0.15, -0.1) is 0 Å². The fourth-order valence-corrected chi connectivity index (χ4v) is 2.99. The summed E-state index contributed by atoms with van der Waals surface area (Å²) in [7, 11) is 1.29. The van der Waals surface area contributed by atoms with Gasteiger partial charge < -0.3 is 14.1 Å². The number of nitro groups is 2. The number of benzene rings is 1. The number of nitro benzene ring substituents is 1. The van der Waals surface area contributed by atoms with E-state index in [0.29, 0.717) is 0 Å². The molecule has 0 spiro atoms. The Morgan fingerprint density at radius 2 is 1.90 bits per heavy atom. The van der Waals surface area contributed by atoms with Crippen LogP contribution in [-0.2, 0) is 11.3 Å². The van der Waals surface area contributed by atoms with Crippen LogP contribution in [0.25, 0.3) is 23.5 Å². The average Bonchev–Trinajstić information content (AvgIpc) is 3.21. The number of para-hydroxylation sites is 1. The summed E-state index contributed by atoms with van der Waals surface area (Å²) in [6, 6.07) is 10.7. The van der Waals surface area contributed by atoms with Gasteiger partial charge in [0.25, 0.3) is 16.9 Å². The number of furan rings is 1. The summed E-state index contributed by atoms with van der Waals surface area (Å²) in [5.74, 6) is 0.468. The Kier molecular flexibility index (Phi) is 6.04. The van der Waals surface area contributed by atoms with E-state index >= 15 is 0 Å². The SMILES string of the molecule is COCc1c([N+](=O)[O-])c(/C=C/c2ccc(-c3ccccc3[N+](=O)[O-])o2)[nH]c(=O)c1C#N. The number of nitrogens with one attached hydrogen (secondary N) is 1. The molecular formula is C20H14N4O7. The third-order valence-corrected chi connectivity index (χ3v) is 4.31. The van der Waals surface area contributed by atoms with Crippen LogP contribution in [0.1, 0.15) is 22.6 Å². The molecule has 2 aromatic heterocycles. The van der Waals surface area contributed by atoms with Gasteiger partial charge in [-0.2, -0.15) is 5.26 Å². The number of hydrogen-bond donors (Lipinski definition) is 1. The molecule has 156 valence electrons. The second-order valence-electron chi connectivity index (χ2n) is 6.18. The number of H-pyrrole nitrogens is 1. The highest BCUT2D eigenvalue weighted by Gasteiger charge is 2.25. The second kappa shape index (κ2) is 8.85. The van der Waals surface area contributed by atoms with Crippen molar-refractivity contribution in [3.63, 3.8) is 0 Å². The Morgan fingerprint density at radius 1 is 1.16 bits per heavy atom. The molecule has 1 aromatic carbocycles. The third kappa shape index (κ3) is 4.24. The maximum absolute atomic E-state index is 12.2. The average molecular weight is 422 g/mol. The largest absolute Gasteiger partial charge is 0.456 e. The summed E-state index contributed by atoms with van der Waals surface area (Å²) in [4.78, 5) is 36.0. The zero-order chi connectivity index (χ0) is 22.5. The van der Waals surface area contributed by atoms with Gasteiger partial charge in [-0.25, -0.2) is 0 Å². The van der Waals surface area contributed by atoms with Gasteiger partial charge in [0, 0.05) is 13.2 Å². The molecule has 11 nitrogen and oxygen atoms in total. The number of methoxy groups -OCH3 is 1. The number of ether oxygens (including phenoxy) is 1. The lowest BCUT2D eigenvalue weighted by Gasteiger charge is -2.06. The van der Waals surface area contributed by atoms with Crippen LogP contribution in [0.3, 0.4) is 0 Å². The van der Waals surface area contributed by atoms with Gasteiger partial charge in [0.05, 0.1) is 27.6 Å². The Bertz CT molecular complexity index is 1300. The van der Waals surface area contributed by atoms with Crippen molar-refractivity contribution < 1.29 is 19.0 Å². The number of nitriles is 1. The monoisotopic (exact) mass is 422 g/mol. The van der Waals surface area contributed by atoms with Crippen LogP contribution in [0, 0.1) is 31.6 Å². The number of nitrogens with zero attached hydrogens (tertiary/aromatic N) is 3. The molecule has 0 saturated carbocycles. The first-order valence-corrected chi connectivity index (χ1v) is 8.71. The molecule has 0 fully saturated rings. The van der Waals surface area contributed by atoms with Crippen LogP contribution in [0.2, 0.25) is 0 Å². The van der Waals surface area contributed by atoms with Crippen molar-refractivity contribution in [3.05, 3.63) is 89.6 Å². The molecule has 0 bridgehead atoms. The van der Waals surface area contributed by atoms with Gasteiger partial charge in [-0.3, -0.25) is 25.0 Å². The summed E-state index contributed by atoms with van der Waals surface area (Å²) in [5.41, 5.74) is -1.82. The normalized spacial score (nSPS) is 10.8. The summed E-state index contributed by atoms with van der Waals surface area (Å²) in [6.07, 6.45) is 2.61. The first kappa shape index (κ1) is 21.2. The molecule has 1 N–H and O–H groups in total. The predicted octanol–water partition coefficient (Wildman–Crippen LogP) is 3.64. The minimum atomic E-state index is -0.792. The van der Waals surface area contributed by atoms with Crippen LogP contribution >= 0.6 is 0 Å². The summed E-state index contributed by atoms with van der Waals surface area (Å²) >= 11 is 0. The molecule has 0 aliphatic carbocycles. The molecule has 0 amide bonds. The van der Waals surface area contributed by atoms with Crippen LogP contribution in [0.5, 0.6) is 0 Å². The number of aromatic amines is 1. The number of pyridine rings is 1. The van der Waals surface area contributed by atoms with Crippen molar-refractivity contribution in [1.29, 1.82) is 5.26 Å². The molecule has 0 saturated heterocycles. The molecular weight excluding hydrogens is 408 g/mol. The number of hydrogen-bond acceptors (Lipinski definition) is 8. The Labute approximate surface area is 174 Å². The lowest BCUT2D eigenvalue weighted by molar-refractivity contribution is -0.386. The van der Waals surface area contributed by atoms with Crippen LogP contribution in [0.15, 0.2) is 45.6 Å². The Balaban J connectivity index is 2.04. The van der Waals surface area contributed by atoms with Gasteiger partial charge in [-0.05, 0) is 30.4 Å². The molecule has 3 rings (SSSR count). The third-order valence-electron chi connectivity index (χ3n) is 4.31. The van der Waals surface area contributed by atoms with Crippen molar-refractivity contribution in [1.82, 2.24) is 4.98 Å². The summed E-state index contributed by atoms with van der Waals surface area (Å²) in [6.45, 7) is -0.299. The minimum absolute atomic E-state index is 0.136. The Hall–Kier alpha value is -4.56. The van der Waals surface area contributed by atoms with Crippen LogP contribution in [0.4, 0.5) is 11.4 Å². The standard InChI is InChI=1S/C20H14N4O7/c1-30-11-15-14(10-21)20(25)22-16(19(15)24(28)29)8-6-12-7-9-18(31-12)13-4-2-3-5-17(13)23(26)27/h2-9H,11H2,1H3,(H,22,25)/b8-6+. The van der Waals surface area contributed by atoms with Crippen LogP contribution in [-0.4, -0.2) is 21.9 Å². The van der Waals surface area contributed by atoms with Gasteiger partial charge in [0.15, 0.2) is 0 Å². The van der Waals surface area contributed by atoms with E-state index in [0.717, 1.165) is 0 Å². The first-order chi connectivity index (χ1) is 14.9. The fourth-order valence-electron chi connectivity index (χ4n) is 2.99. The van der Waals surface area contributed by atoms with Crippen molar-refractivity contribution >= 4 is 23.5 Å². The molecule has 0 radical (unpaired) electrons. The molecule has 2 heterocycles. The van der Waals surface area contributed by atoms with Crippen molar-refractivity contribution in [2.45, 2.75) is 6.61 Å². The van der Waals surface area contributed by atoms with Crippen molar-refractivity contribution in [2.24, 2.45) is 0 Å². The van der Waals surface area contributed by atoms with E-state index in [-0.39, 0.29) is 40.6 Å². The maximum Gasteiger partial charge on any atom is 0.299 e. The lowest BCUT2D eigenvalue weighted by Crippen LogP contribution is -2.18. The van der Waals surface area contributed by atoms with E-state index in [1.807, 2.05) is 0 Å². The van der Waals surface area contributed by atoms with Gasteiger partial charge in [0.2, 0.25) is 0 Å². The van der Waals surface area contributed by atoms with Crippen LogP contribution < -0.4 is 5.56 Å². The predicted molar refractivity (Wildman–Crippen MR) is 109 cm³/mol. The molecule has 3 aromatic rings. The maximum atomic E-state index is 12.2. The van der Waals surface area contributed by atoms with Gasteiger partial charge in [-0.1, -0.05) is 12.1 Å². The molecule has 0 aliphatic rings. The highest BCUT2D eigenvalue weighted by molar-refractivity contribution is 5.75. The Morgan fingerprint density at radius 3 is 2.55 bits per heavy atom. The second-order valence-corrected chi connectivity index (χ2v) is 6.18. The highest BCUT2D eigenvalue weighted by Crippen LogP contribution is 2.32. The molecule has 0 atom stereocenters. The fraction of sp³-hybridized carbons (Fsp3) is 0.100. The smallest absolute Gasteiger partial charge is 0.299 e. The summed E-state index contributed by atoms with van der Waals surface area (Å²) in [5, 5.41) is 32.0. The topological polar surface area (TPSA) is 165 Å². The van der Waals surface area contributed by atoms with Gasteiger partial charge in [0.1, 0.15) is 28.8 Å². The number of aromatic nitrogens is 1. The van der Waals surface area contributed by atoms with E-state index in [1.54, 1.807) is 12.1 Å². The summed E-state index contributed by atoms with van der Waals surface area (Å²) < 4.78 is 10.5. The van der Waals surface area contributed by atoms with Crippen molar-refractivity contribution in [3.8, 4) is 17.4 Å². The molecule has 11 heteroatoms. The van der Waals surface area contributed by atoms with E-state index in [1.165, 1.54) is 49.6 Å². The quantitative estimate of drug-likeness (QED) is 0.445. The van der Waals surface area contributed by atoms with E-state index in [4.69, 9.17) is 9.15 Å². The van der Waals surface area contributed by atoms with E-state index < -0.39 is 26.7 Å². The zero-order valence-corrected chi connectivity index (χ0v) is 16.0. The van der Waals surface area contributed by atoms with E-state index in [9.17, 15) is 30.3 Å². The minimum Gasteiger partial charge on any atom is -0.456 e. The molecule has 0 unspecified atom stereocenters. The molecule has 0 aliphatic heterocycles. The van der Waals surface area contributed by atoms with Crippen molar-refractivity contribution in [2.75, 3.05) is 7.11 Å². The zero-order valence-electron chi connectivity index (χ0n) is 16.0. The van der Waals surface area contributed by atoms with E-state index in [2.05, 4.69) is 4.98 Å². The number of rotatable bonds is 7. The first-order valence-electron chi connectivity index (χ1n) is 8.71. The van der Waals surface area contributed by atoms with Gasteiger partial charge >= 0.3 is 0 Å². The highest BCUT2D eigenvalue weighted by atomic mass is 16.6. The lowest BCUT2D eigenvalue weighted by atomic mass is 10.1.